The van der Waals surface area contributed by atoms with E-state index in [-0.39, 0.29) is 16.5 Å². The fourth-order valence-corrected chi connectivity index (χ4v) is 5.48. The second kappa shape index (κ2) is 14.4. The summed E-state index contributed by atoms with van der Waals surface area (Å²) < 4.78 is 88.6. The lowest BCUT2D eigenvalue weighted by Gasteiger charge is -2.14. The van der Waals surface area contributed by atoms with Crippen molar-refractivity contribution in [1.29, 1.82) is 0 Å². The van der Waals surface area contributed by atoms with Gasteiger partial charge in [0.15, 0.2) is 17.4 Å². The van der Waals surface area contributed by atoms with Gasteiger partial charge in [0.2, 0.25) is 27.7 Å². The lowest BCUT2D eigenvalue weighted by Crippen LogP contribution is -2.30. The normalized spacial score (nSPS) is 14.8. The Morgan fingerprint density at radius 2 is 1.86 bits per heavy atom. The van der Waals surface area contributed by atoms with E-state index in [1.807, 2.05) is 0 Å². The fraction of sp³-hybridized carbons (Fsp3) is 0.250. The molecular formula is C28H27ClF4N6O3S. The number of halogens is 5. The number of pyridine rings is 1. The number of hydrogen-bond donors (Lipinski definition) is 3. The minimum atomic E-state index is -4.35. The van der Waals surface area contributed by atoms with Gasteiger partial charge >= 0.3 is 0 Å². The predicted octanol–water partition coefficient (Wildman–Crippen LogP) is 6.09. The molecule has 228 valence electrons. The first kappa shape index (κ1) is 31.9. The monoisotopic (exact) mass is 638 g/mol. The Balaban J connectivity index is 0.000000530. The van der Waals surface area contributed by atoms with E-state index in [1.165, 1.54) is 24.5 Å². The molecule has 3 N–H and O–H groups in total. The van der Waals surface area contributed by atoms with Crippen LogP contribution in [0.1, 0.15) is 18.4 Å². The summed E-state index contributed by atoms with van der Waals surface area (Å²) >= 11 is 5.96. The molecule has 0 radical (unpaired) electrons. The van der Waals surface area contributed by atoms with Gasteiger partial charge in [-0.2, -0.15) is 4.39 Å². The van der Waals surface area contributed by atoms with Crippen LogP contribution in [-0.2, 0) is 15.8 Å². The summed E-state index contributed by atoms with van der Waals surface area (Å²) in [5, 5.41) is 5.88. The lowest BCUT2D eigenvalue weighted by molar-refractivity contribution is 0.266. The maximum Gasteiger partial charge on any atom is 0.237 e. The Bertz CT molecular complexity index is 1680. The number of aromatic nitrogens is 3. The van der Waals surface area contributed by atoms with E-state index in [9.17, 15) is 26.0 Å². The zero-order valence-corrected chi connectivity index (χ0v) is 24.3. The van der Waals surface area contributed by atoms with Crippen LogP contribution in [0.4, 0.5) is 29.2 Å². The number of ether oxygens (including phenoxy) is 1. The van der Waals surface area contributed by atoms with E-state index in [1.54, 1.807) is 42.1 Å². The SMILES string of the molecule is CNc1nccc(-c2cccnc2Oc2cc(F)c(NS(=O)(=O)Cc3ccccc3Cl)c(F)c2F)n1.FC1CCCNC1. The van der Waals surface area contributed by atoms with Gasteiger partial charge in [0.05, 0.1) is 17.0 Å². The molecule has 2 aromatic carbocycles. The first-order chi connectivity index (χ1) is 20.6. The predicted molar refractivity (Wildman–Crippen MR) is 156 cm³/mol. The molecule has 43 heavy (non-hydrogen) atoms. The van der Waals surface area contributed by atoms with Crippen LogP contribution in [0.2, 0.25) is 5.02 Å². The Hall–Kier alpha value is -4.01. The van der Waals surface area contributed by atoms with Crippen LogP contribution in [0, 0.1) is 17.5 Å². The van der Waals surface area contributed by atoms with Crippen molar-refractivity contribution in [1.82, 2.24) is 20.3 Å². The summed E-state index contributed by atoms with van der Waals surface area (Å²) in [4.78, 5) is 12.2. The highest BCUT2D eigenvalue weighted by atomic mass is 35.5. The van der Waals surface area contributed by atoms with Crippen molar-refractivity contribution in [3.63, 3.8) is 0 Å². The number of sulfonamides is 1. The molecule has 0 bridgehead atoms. The number of rotatable bonds is 8. The van der Waals surface area contributed by atoms with Crippen LogP contribution < -0.4 is 20.1 Å². The number of hydrogen-bond acceptors (Lipinski definition) is 8. The molecule has 1 unspecified atom stereocenters. The highest BCUT2D eigenvalue weighted by molar-refractivity contribution is 7.91. The second-order valence-electron chi connectivity index (χ2n) is 9.23. The molecule has 0 saturated carbocycles. The van der Waals surface area contributed by atoms with Crippen molar-refractivity contribution in [3.05, 3.63) is 89.0 Å². The van der Waals surface area contributed by atoms with Gasteiger partial charge in [0, 0.05) is 37.1 Å². The first-order valence-corrected chi connectivity index (χ1v) is 15.0. The Kier molecular flexibility index (Phi) is 10.7. The summed E-state index contributed by atoms with van der Waals surface area (Å²) in [6.07, 6.45) is 3.98. The molecule has 4 aromatic rings. The molecule has 9 nitrogen and oxygen atoms in total. The standard InChI is InChI=1S/C23H17ClF3N5O3S.C5H10FN/c1-28-23-30-10-8-17(31-23)14-6-4-9-29-22(14)35-18-11-16(25)21(20(27)19(18)26)32-36(33,34)12-13-5-2-3-7-15(13)24;6-5-2-1-3-7-4-5/h2-11,32H,12H2,1H3,(H,28,30,31);5,7H,1-4H2. The third-order valence-electron chi connectivity index (χ3n) is 6.06. The quantitative estimate of drug-likeness (QED) is 0.157. The van der Waals surface area contributed by atoms with E-state index in [4.69, 9.17) is 16.3 Å². The van der Waals surface area contributed by atoms with Crippen LogP contribution in [0.15, 0.2) is 60.9 Å². The van der Waals surface area contributed by atoms with Crippen molar-refractivity contribution in [2.45, 2.75) is 24.8 Å². The van der Waals surface area contributed by atoms with Crippen LogP contribution in [0.5, 0.6) is 11.6 Å². The molecular weight excluding hydrogens is 612 g/mol. The smallest absolute Gasteiger partial charge is 0.237 e. The second-order valence-corrected chi connectivity index (χ2v) is 11.4. The summed E-state index contributed by atoms with van der Waals surface area (Å²) in [6.45, 7) is 1.57. The van der Waals surface area contributed by atoms with E-state index in [0.717, 1.165) is 19.4 Å². The molecule has 3 heterocycles. The van der Waals surface area contributed by atoms with E-state index < -0.39 is 50.8 Å². The molecule has 1 aliphatic heterocycles. The summed E-state index contributed by atoms with van der Waals surface area (Å²) in [5.74, 6) is -6.24. The largest absolute Gasteiger partial charge is 0.435 e. The van der Waals surface area contributed by atoms with Crippen LogP contribution in [0.3, 0.4) is 0 Å². The molecule has 15 heteroatoms. The molecule has 1 fully saturated rings. The zero-order chi connectivity index (χ0) is 31.0. The number of nitrogens with zero attached hydrogens (tertiary/aromatic N) is 3. The fourth-order valence-electron chi connectivity index (χ4n) is 3.96. The average molecular weight is 639 g/mol. The topological polar surface area (TPSA) is 118 Å². The molecule has 0 aliphatic carbocycles. The van der Waals surface area contributed by atoms with Gasteiger partial charge in [-0.1, -0.05) is 29.8 Å². The van der Waals surface area contributed by atoms with Gasteiger partial charge in [-0.3, -0.25) is 4.72 Å². The van der Waals surface area contributed by atoms with Gasteiger partial charge in [0.25, 0.3) is 0 Å². The van der Waals surface area contributed by atoms with Crippen molar-refractivity contribution in [3.8, 4) is 22.9 Å². The van der Waals surface area contributed by atoms with E-state index in [0.29, 0.717) is 29.8 Å². The molecule has 2 aromatic heterocycles. The van der Waals surface area contributed by atoms with Crippen molar-refractivity contribution in [2.75, 3.05) is 30.2 Å². The number of piperidine rings is 1. The number of alkyl halides is 1. The Morgan fingerprint density at radius 1 is 1.07 bits per heavy atom. The lowest BCUT2D eigenvalue weighted by atomic mass is 10.1. The van der Waals surface area contributed by atoms with Crippen LogP contribution >= 0.6 is 11.6 Å². The van der Waals surface area contributed by atoms with Crippen LogP contribution in [-0.4, -0.2) is 49.7 Å². The van der Waals surface area contributed by atoms with Gasteiger partial charge in [-0.05, 0) is 49.2 Å². The van der Waals surface area contributed by atoms with Crippen molar-refractivity contribution >= 4 is 33.3 Å². The molecule has 5 rings (SSSR count). The summed E-state index contributed by atoms with van der Waals surface area (Å²) in [7, 11) is -2.73. The Labute approximate surface area is 250 Å². The third-order valence-corrected chi connectivity index (χ3v) is 7.63. The van der Waals surface area contributed by atoms with E-state index in [2.05, 4.69) is 25.6 Å². The Morgan fingerprint density at radius 3 is 2.53 bits per heavy atom. The molecule has 0 amide bonds. The number of anilines is 2. The molecule has 1 saturated heterocycles. The highest BCUT2D eigenvalue weighted by Gasteiger charge is 2.25. The van der Waals surface area contributed by atoms with Crippen molar-refractivity contribution < 1.29 is 30.7 Å². The number of benzene rings is 2. The van der Waals surface area contributed by atoms with E-state index >= 15 is 0 Å². The summed E-state index contributed by atoms with van der Waals surface area (Å²) in [6, 6.07) is 11.2. The van der Waals surface area contributed by atoms with Gasteiger partial charge < -0.3 is 15.4 Å². The van der Waals surface area contributed by atoms with Gasteiger partial charge in [0.1, 0.15) is 11.9 Å². The molecule has 1 atom stereocenters. The zero-order valence-electron chi connectivity index (χ0n) is 22.8. The maximum atomic E-state index is 14.9. The van der Waals surface area contributed by atoms with Gasteiger partial charge in [-0.15, -0.1) is 0 Å². The minimum absolute atomic E-state index is 0.149. The third kappa shape index (κ3) is 8.52. The van der Waals surface area contributed by atoms with Gasteiger partial charge in [-0.25, -0.2) is 36.5 Å². The first-order valence-electron chi connectivity index (χ1n) is 13.0. The molecule has 1 aliphatic rings. The maximum absolute atomic E-state index is 14.9. The number of nitrogens with one attached hydrogen (secondary N) is 3. The minimum Gasteiger partial charge on any atom is -0.435 e. The average Bonchev–Trinajstić information content (AvgIpc) is 3.00. The molecule has 0 spiro atoms. The van der Waals surface area contributed by atoms with Crippen LogP contribution in [0.25, 0.3) is 11.3 Å². The van der Waals surface area contributed by atoms with Crippen molar-refractivity contribution in [2.24, 2.45) is 0 Å². The highest BCUT2D eigenvalue weighted by Crippen LogP contribution is 2.36. The summed E-state index contributed by atoms with van der Waals surface area (Å²) in [5.41, 5.74) is -0.353.